The van der Waals surface area contributed by atoms with E-state index < -0.39 is 6.10 Å². The molecule has 0 bridgehead atoms. The summed E-state index contributed by atoms with van der Waals surface area (Å²) in [5.41, 5.74) is 1.58. The van der Waals surface area contributed by atoms with E-state index in [0.29, 0.717) is 35.8 Å². The molecule has 0 spiro atoms. The summed E-state index contributed by atoms with van der Waals surface area (Å²) < 4.78 is 16.1. The second kappa shape index (κ2) is 9.33. The van der Waals surface area contributed by atoms with Crippen LogP contribution in [-0.2, 0) is 11.2 Å². The minimum Gasteiger partial charge on any atom is -0.493 e. The van der Waals surface area contributed by atoms with E-state index in [4.69, 9.17) is 19.5 Å². The standard InChI is InChI=1S/C20H22N2O4/c1-14(26-17-7-4-16(13-21)5-8-17)20(23)22-11-10-15-6-9-18(24-2)19(12-15)25-3/h4-9,12,14H,10-11H2,1-3H3,(H,22,23)/t14-/m0/s1. The first-order valence-electron chi connectivity index (χ1n) is 8.22. The number of carbonyl (C=O) groups excluding carboxylic acids is 1. The number of rotatable bonds is 8. The molecule has 0 aliphatic carbocycles. The molecule has 0 fully saturated rings. The van der Waals surface area contributed by atoms with Gasteiger partial charge in [0, 0.05) is 6.54 Å². The molecular formula is C20H22N2O4. The number of nitriles is 1. The Morgan fingerprint density at radius 2 is 1.81 bits per heavy atom. The predicted molar refractivity (Wildman–Crippen MR) is 97.5 cm³/mol. The first kappa shape index (κ1) is 19.1. The zero-order chi connectivity index (χ0) is 18.9. The van der Waals surface area contributed by atoms with Crippen molar-refractivity contribution < 1.29 is 19.0 Å². The Morgan fingerprint density at radius 1 is 1.12 bits per heavy atom. The maximum Gasteiger partial charge on any atom is 0.260 e. The Bertz CT molecular complexity index is 781. The number of hydrogen-bond donors (Lipinski definition) is 1. The van der Waals surface area contributed by atoms with Crippen LogP contribution in [0.1, 0.15) is 18.1 Å². The highest BCUT2D eigenvalue weighted by Crippen LogP contribution is 2.27. The number of hydrogen-bond acceptors (Lipinski definition) is 5. The number of nitrogens with one attached hydrogen (secondary N) is 1. The van der Waals surface area contributed by atoms with E-state index in [2.05, 4.69) is 5.32 Å². The Balaban J connectivity index is 1.83. The normalized spacial score (nSPS) is 11.2. The quantitative estimate of drug-likeness (QED) is 0.788. The molecule has 2 aromatic rings. The molecular weight excluding hydrogens is 332 g/mol. The van der Waals surface area contributed by atoms with E-state index in [1.807, 2.05) is 24.3 Å². The van der Waals surface area contributed by atoms with Crippen LogP contribution in [0, 0.1) is 11.3 Å². The molecule has 0 saturated carbocycles. The highest BCUT2D eigenvalue weighted by atomic mass is 16.5. The number of carbonyl (C=O) groups is 1. The molecule has 2 rings (SSSR count). The summed E-state index contributed by atoms with van der Waals surface area (Å²) in [6.07, 6.45) is 0.0312. The zero-order valence-electron chi connectivity index (χ0n) is 15.1. The number of benzene rings is 2. The summed E-state index contributed by atoms with van der Waals surface area (Å²) in [6.45, 7) is 2.17. The SMILES string of the molecule is COc1ccc(CCNC(=O)[C@H](C)Oc2ccc(C#N)cc2)cc1OC. The van der Waals surface area contributed by atoms with Crippen LogP contribution in [0.15, 0.2) is 42.5 Å². The van der Waals surface area contributed by atoms with E-state index in [1.165, 1.54) is 0 Å². The van der Waals surface area contributed by atoms with Crippen LogP contribution in [0.4, 0.5) is 0 Å². The summed E-state index contributed by atoms with van der Waals surface area (Å²) in [6, 6.07) is 14.3. The molecule has 6 nitrogen and oxygen atoms in total. The van der Waals surface area contributed by atoms with Crippen molar-refractivity contribution in [2.45, 2.75) is 19.4 Å². The van der Waals surface area contributed by atoms with E-state index in [1.54, 1.807) is 45.4 Å². The van der Waals surface area contributed by atoms with Gasteiger partial charge < -0.3 is 19.5 Å². The third-order valence-corrected chi connectivity index (χ3v) is 3.83. The number of ether oxygens (including phenoxy) is 3. The molecule has 1 amide bonds. The lowest BCUT2D eigenvalue weighted by molar-refractivity contribution is -0.127. The van der Waals surface area contributed by atoms with E-state index >= 15 is 0 Å². The molecule has 0 aliphatic rings. The van der Waals surface area contributed by atoms with Gasteiger partial charge in [-0.3, -0.25) is 4.79 Å². The minimum atomic E-state index is -0.631. The van der Waals surface area contributed by atoms with E-state index in [0.717, 1.165) is 5.56 Å². The van der Waals surface area contributed by atoms with Crippen molar-refractivity contribution >= 4 is 5.91 Å². The Hall–Kier alpha value is -3.20. The molecule has 0 saturated heterocycles. The van der Waals surface area contributed by atoms with Gasteiger partial charge in [0.2, 0.25) is 0 Å². The van der Waals surface area contributed by atoms with E-state index in [9.17, 15) is 4.79 Å². The average Bonchev–Trinajstić information content (AvgIpc) is 2.68. The molecule has 1 atom stereocenters. The molecule has 0 heterocycles. The van der Waals surface area contributed by atoms with Crippen molar-refractivity contribution in [3.63, 3.8) is 0 Å². The highest BCUT2D eigenvalue weighted by molar-refractivity contribution is 5.80. The van der Waals surface area contributed by atoms with Crippen LogP contribution < -0.4 is 19.5 Å². The van der Waals surface area contributed by atoms with Gasteiger partial charge >= 0.3 is 0 Å². The second-order valence-corrected chi connectivity index (χ2v) is 5.63. The first-order valence-corrected chi connectivity index (χ1v) is 8.22. The number of amides is 1. The van der Waals surface area contributed by atoms with Crippen molar-refractivity contribution in [3.8, 4) is 23.3 Å². The van der Waals surface area contributed by atoms with Gasteiger partial charge in [0.05, 0.1) is 25.9 Å². The lowest BCUT2D eigenvalue weighted by Gasteiger charge is -2.15. The van der Waals surface area contributed by atoms with Crippen LogP contribution in [0.25, 0.3) is 0 Å². The third-order valence-electron chi connectivity index (χ3n) is 3.83. The fourth-order valence-corrected chi connectivity index (χ4v) is 2.38. The van der Waals surface area contributed by atoms with Crippen LogP contribution in [0.5, 0.6) is 17.2 Å². The summed E-state index contributed by atoms with van der Waals surface area (Å²) >= 11 is 0. The lowest BCUT2D eigenvalue weighted by Crippen LogP contribution is -2.37. The molecule has 0 radical (unpaired) electrons. The van der Waals surface area contributed by atoms with Crippen molar-refractivity contribution in [3.05, 3.63) is 53.6 Å². The van der Waals surface area contributed by atoms with Gasteiger partial charge in [-0.2, -0.15) is 5.26 Å². The number of methoxy groups -OCH3 is 2. The van der Waals surface area contributed by atoms with Gasteiger partial charge in [-0.15, -0.1) is 0 Å². The Kier molecular flexibility index (Phi) is 6.86. The maximum absolute atomic E-state index is 12.2. The van der Waals surface area contributed by atoms with Gasteiger partial charge in [0.25, 0.3) is 5.91 Å². The van der Waals surface area contributed by atoms with Crippen molar-refractivity contribution in [1.29, 1.82) is 5.26 Å². The summed E-state index contributed by atoms with van der Waals surface area (Å²) in [5.74, 6) is 1.68. The fourth-order valence-electron chi connectivity index (χ4n) is 2.38. The molecule has 6 heteroatoms. The Morgan fingerprint density at radius 3 is 2.42 bits per heavy atom. The third kappa shape index (κ3) is 5.15. The monoisotopic (exact) mass is 354 g/mol. The maximum atomic E-state index is 12.2. The largest absolute Gasteiger partial charge is 0.493 e. The van der Waals surface area contributed by atoms with Crippen LogP contribution in [-0.4, -0.2) is 32.8 Å². The molecule has 26 heavy (non-hydrogen) atoms. The van der Waals surface area contributed by atoms with E-state index in [-0.39, 0.29) is 5.91 Å². The van der Waals surface area contributed by atoms with Crippen LogP contribution in [0.3, 0.4) is 0 Å². The Labute approximate surface area is 153 Å². The molecule has 0 aromatic heterocycles. The highest BCUT2D eigenvalue weighted by Gasteiger charge is 2.14. The first-order chi connectivity index (χ1) is 12.6. The van der Waals surface area contributed by atoms with Crippen molar-refractivity contribution in [1.82, 2.24) is 5.32 Å². The summed E-state index contributed by atoms with van der Waals surface area (Å²) in [7, 11) is 3.18. The van der Waals surface area contributed by atoms with Crippen LogP contribution in [0.2, 0.25) is 0 Å². The minimum absolute atomic E-state index is 0.199. The molecule has 2 aromatic carbocycles. The summed E-state index contributed by atoms with van der Waals surface area (Å²) in [4.78, 5) is 12.2. The van der Waals surface area contributed by atoms with Crippen molar-refractivity contribution in [2.24, 2.45) is 0 Å². The van der Waals surface area contributed by atoms with Crippen LogP contribution >= 0.6 is 0 Å². The average molecular weight is 354 g/mol. The molecule has 0 unspecified atom stereocenters. The predicted octanol–water partition coefficient (Wildman–Crippen LogP) is 2.70. The number of nitrogens with zero attached hydrogens (tertiary/aromatic N) is 1. The summed E-state index contributed by atoms with van der Waals surface area (Å²) in [5, 5.41) is 11.6. The molecule has 0 aliphatic heterocycles. The second-order valence-electron chi connectivity index (χ2n) is 5.63. The van der Waals surface area contributed by atoms with Gasteiger partial charge in [-0.25, -0.2) is 0 Å². The van der Waals surface area contributed by atoms with Gasteiger partial charge in [0.15, 0.2) is 17.6 Å². The van der Waals surface area contributed by atoms with Gasteiger partial charge in [0.1, 0.15) is 5.75 Å². The topological polar surface area (TPSA) is 80.6 Å². The van der Waals surface area contributed by atoms with Gasteiger partial charge in [-0.05, 0) is 55.3 Å². The smallest absolute Gasteiger partial charge is 0.260 e. The lowest BCUT2D eigenvalue weighted by atomic mass is 10.1. The molecule has 1 N–H and O–H groups in total. The molecule has 136 valence electrons. The van der Waals surface area contributed by atoms with Crippen molar-refractivity contribution in [2.75, 3.05) is 20.8 Å². The zero-order valence-corrected chi connectivity index (χ0v) is 15.1. The fraction of sp³-hybridized carbons (Fsp3) is 0.300. The van der Waals surface area contributed by atoms with Gasteiger partial charge in [-0.1, -0.05) is 6.07 Å².